The van der Waals surface area contributed by atoms with Crippen LogP contribution in [0.3, 0.4) is 0 Å². The van der Waals surface area contributed by atoms with Crippen LogP contribution in [0, 0.1) is 0 Å². The van der Waals surface area contributed by atoms with Gasteiger partial charge in [0.05, 0.1) is 0 Å². The maximum Gasteiger partial charge on any atom is 0.747 e. The fourth-order valence-corrected chi connectivity index (χ4v) is 1.36. The first-order chi connectivity index (χ1) is 6.74. The van der Waals surface area contributed by atoms with Gasteiger partial charge in [-0.1, -0.05) is 37.3 Å². The van der Waals surface area contributed by atoms with E-state index in [1.54, 1.807) is 12.1 Å². The second kappa shape index (κ2) is 5.53. The van der Waals surface area contributed by atoms with Crippen LogP contribution in [0.2, 0.25) is 0 Å². The zero-order chi connectivity index (χ0) is 10.4. The lowest BCUT2D eigenvalue weighted by Gasteiger charge is -1.96. The normalized spacial score (nSPS) is 11.7. The minimum atomic E-state index is -2.59. The van der Waals surface area contributed by atoms with Gasteiger partial charge in [0.15, 0.2) is 5.75 Å². The van der Waals surface area contributed by atoms with Crippen molar-refractivity contribution in [1.82, 2.24) is 0 Å². The fraction of sp³-hybridized carbons (Fsp3) is 0.200. The molecule has 1 aromatic carbocycles. The summed E-state index contributed by atoms with van der Waals surface area (Å²) in [6, 6.07) is 7.11. The molecular weight excluding hydrogens is 199 g/mol. The molecule has 0 saturated heterocycles. The van der Waals surface area contributed by atoms with Gasteiger partial charge in [-0.2, -0.15) is 0 Å². The third-order valence-corrected chi connectivity index (χ3v) is 1.98. The summed E-state index contributed by atoms with van der Waals surface area (Å²) in [5.74, 6) is 0.431. The lowest BCUT2D eigenvalue weighted by Crippen LogP contribution is -1.83. The number of hydrogen-bond donors (Lipinski definition) is 1. The Hall–Kier alpha value is -1.18. The van der Waals surface area contributed by atoms with Gasteiger partial charge in [0.2, 0.25) is 0 Å². The average Bonchev–Trinajstić information content (AvgIpc) is 2.16. The second-order valence-electron chi connectivity index (χ2n) is 2.68. The molecule has 0 bridgehead atoms. The van der Waals surface area contributed by atoms with E-state index in [0.29, 0.717) is 5.75 Å². The molecule has 0 aliphatic carbocycles. The Kier molecular flexibility index (Phi) is 4.30. The monoisotopic (exact) mass is 211 g/mol. The molecule has 0 aliphatic rings. The molecule has 0 heterocycles. The molecule has 0 spiro atoms. The van der Waals surface area contributed by atoms with Crippen molar-refractivity contribution in [3.8, 4) is 5.75 Å². The summed E-state index contributed by atoms with van der Waals surface area (Å²) in [6.45, 7) is 2.02. The van der Waals surface area contributed by atoms with E-state index in [9.17, 15) is 4.57 Å². The van der Waals surface area contributed by atoms with Crippen molar-refractivity contribution in [1.29, 1.82) is 0 Å². The van der Waals surface area contributed by atoms with Crippen molar-refractivity contribution in [2.45, 2.75) is 13.3 Å². The van der Waals surface area contributed by atoms with Crippen LogP contribution in [0.5, 0.6) is 5.75 Å². The maximum atomic E-state index is 10.5. The SMILES string of the molecule is CCC=Cc1ccccc1O[P+](=O)O. The van der Waals surface area contributed by atoms with Crippen LogP contribution in [0.15, 0.2) is 30.3 Å². The molecule has 0 saturated carbocycles. The molecular formula is C10H12O3P+. The van der Waals surface area contributed by atoms with Gasteiger partial charge in [0.25, 0.3) is 0 Å². The Labute approximate surface area is 84.0 Å². The van der Waals surface area contributed by atoms with Crippen molar-refractivity contribution in [2.75, 3.05) is 0 Å². The molecule has 74 valence electrons. The van der Waals surface area contributed by atoms with Crippen LogP contribution >= 0.6 is 8.25 Å². The third-order valence-electron chi connectivity index (χ3n) is 1.63. The molecule has 3 nitrogen and oxygen atoms in total. The second-order valence-corrected chi connectivity index (χ2v) is 3.34. The number of hydrogen-bond acceptors (Lipinski definition) is 2. The molecule has 0 aliphatic heterocycles. The Bertz CT molecular complexity index is 347. The molecule has 1 N–H and O–H groups in total. The molecule has 0 radical (unpaired) electrons. The molecule has 1 rings (SSSR count). The summed E-state index contributed by atoms with van der Waals surface area (Å²) in [5, 5.41) is 0. The number of allylic oxidation sites excluding steroid dienone is 1. The lowest BCUT2D eigenvalue weighted by molar-refractivity contribution is 0.410. The number of benzene rings is 1. The van der Waals surface area contributed by atoms with Crippen molar-refractivity contribution in [2.24, 2.45) is 0 Å². The highest BCUT2D eigenvalue weighted by molar-refractivity contribution is 7.32. The Morgan fingerprint density at radius 1 is 1.50 bits per heavy atom. The molecule has 1 unspecified atom stereocenters. The highest BCUT2D eigenvalue weighted by atomic mass is 31.1. The quantitative estimate of drug-likeness (QED) is 0.778. The van der Waals surface area contributed by atoms with E-state index in [-0.39, 0.29) is 0 Å². The first kappa shape index (κ1) is 10.9. The topological polar surface area (TPSA) is 46.5 Å². The summed E-state index contributed by atoms with van der Waals surface area (Å²) in [4.78, 5) is 8.62. The van der Waals surface area contributed by atoms with Gasteiger partial charge < -0.3 is 0 Å². The van der Waals surface area contributed by atoms with E-state index in [1.165, 1.54) is 0 Å². The van der Waals surface area contributed by atoms with Crippen LogP contribution in [0.25, 0.3) is 6.08 Å². The Balaban J connectivity index is 2.90. The highest BCUT2D eigenvalue weighted by Crippen LogP contribution is 2.27. The van der Waals surface area contributed by atoms with Crippen molar-refractivity contribution >= 4 is 14.3 Å². The van der Waals surface area contributed by atoms with E-state index in [1.807, 2.05) is 31.2 Å². The largest absolute Gasteiger partial charge is 0.747 e. The van der Waals surface area contributed by atoms with Crippen LogP contribution in [0.1, 0.15) is 18.9 Å². The zero-order valence-electron chi connectivity index (χ0n) is 7.88. The molecule has 4 heteroatoms. The lowest BCUT2D eigenvalue weighted by atomic mass is 10.2. The molecule has 0 aromatic heterocycles. The van der Waals surface area contributed by atoms with E-state index in [0.717, 1.165) is 12.0 Å². The average molecular weight is 211 g/mol. The minimum Gasteiger partial charge on any atom is -0.229 e. The van der Waals surface area contributed by atoms with E-state index in [2.05, 4.69) is 0 Å². The van der Waals surface area contributed by atoms with Crippen molar-refractivity contribution < 1.29 is 14.0 Å². The van der Waals surface area contributed by atoms with Crippen molar-refractivity contribution in [3.63, 3.8) is 0 Å². The predicted octanol–water partition coefficient (Wildman–Crippen LogP) is 3.14. The summed E-state index contributed by atoms with van der Waals surface area (Å²) < 4.78 is 15.3. The zero-order valence-corrected chi connectivity index (χ0v) is 8.78. The van der Waals surface area contributed by atoms with Gasteiger partial charge in [-0.05, 0) is 12.5 Å². The van der Waals surface area contributed by atoms with E-state index >= 15 is 0 Å². The minimum absolute atomic E-state index is 0.431. The summed E-state index contributed by atoms with van der Waals surface area (Å²) >= 11 is 0. The van der Waals surface area contributed by atoms with Gasteiger partial charge in [-0.25, -0.2) is 4.52 Å². The van der Waals surface area contributed by atoms with Crippen LogP contribution in [0.4, 0.5) is 0 Å². The third kappa shape index (κ3) is 3.29. The van der Waals surface area contributed by atoms with Gasteiger partial charge in [-0.3, -0.25) is 0 Å². The van der Waals surface area contributed by atoms with Gasteiger partial charge in [-0.15, -0.1) is 4.89 Å². The predicted molar refractivity (Wildman–Crippen MR) is 56.2 cm³/mol. The van der Waals surface area contributed by atoms with Gasteiger partial charge >= 0.3 is 8.25 Å². The summed E-state index contributed by atoms with van der Waals surface area (Å²) in [6.07, 6.45) is 4.75. The molecule has 0 fully saturated rings. The van der Waals surface area contributed by atoms with Gasteiger partial charge in [0.1, 0.15) is 0 Å². The smallest absolute Gasteiger partial charge is 0.229 e. The molecule has 1 aromatic rings. The first-order valence-electron chi connectivity index (χ1n) is 4.33. The Morgan fingerprint density at radius 3 is 2.86 bits per heavy atom. The molecule has 14 heavy (non-hydrogen) atoms. The van der Waals surface area contributed by atoms with Crippen LogP contribution < -0.4 is 4.52 Å². The fourth-order valence-electron chi connectivity index (χ4n) is 1.03. The van der Waals surface area contributed by atoms with E-state index in [4.69, 9.17) is 9.42 Å². The van der Waals surface area contributed by atoms with Crippen LogP contribution in [-0.4, -0.2) is 4.89 Å². The maximum absolute atomic E-state index is 10.5. The summed E-state index contributed by atoms with van der Waals surface area (Å²) in [7, 11) is -2.59. The molecule has 0 amide bonds. The number of para-hydroxylation sites is 1. The Morgan fingerprint density at radius 2 is 2.21 bits per heavy atom. The van der Waals surface area contributed by atoms with Gasteiger partial charge in [0, 0.05) is 10.1 Å². The summed E-state index contributed by atoms with van der Waals surface area (Å²) in [5.41, 5.74) is 0.812. The number of rotatable bonds is 4. The molecule has 1 atom stereocenters. The first-order valence-corrected chi connectivity index (χ1v) is 5.46. The van der Waals surface area contributed by atoms with E-state index < -0.39 is 8.25 Å². The van der Waals surface area contributed by atoms with Crippen LogP contribution in [-0.2, 0) is 4.57 Å². The highest BCUT2D eigenvalue weighted by Gasteiger charge is 2.15. The standard InChI is InChI=1S/C10H11O3P/c1-2-3-6-9-7-4-5-8-10(9)13-14(11)12/h3-8H,2H2,1H3/p+1. The van der Waals surface area contributed by atoms with Crippen molar-refractivity contribution in [3.05, 3.63) is 35.9 Å².